The third-order valence-corrected chi connectivity index (χ3v) is 4.22. The normalized spacial score (nSPS) is 12.7. The van der Waals surface area contributed by atoms with Gasteiger partial charge in [-0.25, -0.2) is 9.18 Å². The molecule has 0 saturated heterocycles. The Balaban J connectivity index is 1.90. The average molecular weight is 373 g/mol. The molecule has 2 aromatic carbocycles. The number of hydrogen-bond donors (Lipinski definition) is 1. The molecule has 1 amide bonds. The molecule has 6 heteroatoms. The van der Waals surface area contributed by atoms with E-state index >= 15 is 0 Å². The standard InChI is InChI=1S/C21H24FNO4/c1-4-14(2)16-9-5-7-11-18(16)23-21(25)15(3)27-20(24)13-26-19-12-8-6-10-17(19)22/h5-12,14-15H,4,13H2,1-3H3,(H,23,25)/t14-,15-/m0/s1. The summed E-state index contributed by atoms with van der Waals surface area (Å²) in [6.45, 7) is 5.14. The minimum absolute atomic E-state index is 0.0472. The number of carbonyl (C=O) groups excluding carboxylic acids is 2. The van der Waals surface area contributed by atoms with Gasteiger partial charge in [0.2, 0.25) is 0 Å². The fraction of sp³-hybridized carbons (Fsp3) is 0.333. The molecule has 5 nitrogen and oxygen atoms in total. The molecule has 1 N–H and O–H groups in total. The van der Waals surface area contributed by atoms with Gasteiger partial charge < -0.3 is 14.8 Å². The topological polar surface area (TPSA) is 64.6 Å². The van der Waals surface area contributed by atoms with E-state index in [9.17, 15) is 14.0 Å². The van der Waals surface area contributed by atoms with Crippen molar-refractivity contribution in [3.8, 4) is 5.75 Å². The van der Waals surface area contributed by atoms with E-state index in [2.05, 4.69) is 19.2 Å². The molecule has 0 radical (unpaired) electrons. The number of benzene rings is 2. The highest BCUT2D eigenvalue weighted by atomic mass is 19.1. The third-order valence-electron chi connectivity index (χ3n) is 4.22. The Kier molecular flexibility index (Phi) is 7.34. The molecular formula is C21H24FNO4. The van der Waals surface area contributed by atoms with Crippen molar-refractivity contribution in [3.63, 3.8) is 0 Å². The van der Waals surface area contributed by atoms with E-state index in [0.717, 1.165) is 12.0 Å². The van der Waals surface area contributed by atoms with Gasteiger partial charge in [0.05, 0.1) is 0 Å². The second-order valence-electron chi connectivity index (χ2n) is 6.24. The fourth-order valence-electron chi connectivity index (χ4n) is 2.48. The first-order valence-corrected chi connectivity index (χ1v) is 8.89. The molecule has 27 heavy (non-hydrogen) atoms. The van der Waals surface area contributed by atoms with E-state index in [-0.39, 0.29) is 11.7 Å². The van der Waals surface area contributed by atoms with Crippen molar-refractivity contribution in [1.82, 2.24) is 0 Å². The van der Waals surface area contributed by atoms with E-state index in [4.69, 9.17) is 9.47 Å². The molecule has 0 aromatic heterocycles. The number of anilines is 1. The maximum Gasteiger partial charge on any atom is 0.344 e. The number of amides is 1. The highest BCUT2D eigenvalue weighted by molar-refractivity contribution is 5.95. The van der Waals surface area contributed by atoms with Gasteiger partial charge >= 0.3 is 5.97 Å². The molecule has 0 spiro atoms. The maximum atomic E-state index is 13.5. The number of para-hydroxylation sites is 2. The molecule has 0 bridgehead atoms. The van der Waals surface area contributed by atoms with Gasteiger partial charge in [0.1, 0.15) is 0 Å². The first kappa shape index (κ1) is 20.4. The molecule has 2 rings (SSSR count). The van der Waals surface area contributed by atoms with Crippen LogP contribution in [0.25, 0.3) is 0 Å². The van der Waals surface area contributed by atoms with Gasteiger partial charge in [0.15, 0.2) is 24.3 Å². The van der Waals surface area contributed by atoms with Crippen LogP contribution in [-0.2, 0) is 14.3 Å². The van der Waals surface area contributed by atoms with Gasteiger partial charge in [0.25, 0.3) is 5.91 Å². The van der Waals surface area contributed by atoms with E-state index in [0.29, 0.717) is 5.69 Å². The number of carbonyl (C=O) groups is 2. The largest absolute Gasteiger partial charge is 0.479 e. The zero-order valence-electron chi connectivity index (χ0n) is 15.7. The first-order chi connectivity index (χ1) is 12.9. The summed E-state index contributed by atoms with van der Waals surface area (Å²) in [6.07, 6.45) is -0.0724. The summed E-state index contributed by atoms with van der Waals surface area (Å²) >= 11 is 0. The Morgan fingerprint density at radius 1 is 1.07 bits per heavy atom. The van der Waals surface area contributed by atoms with Crippen LogP contribution in [-0.4, -0.2) is 24.6 Å². The Bertz CT molecular complexity index is 793. The van der Waals surface area contributed by atoms with Crippen LogP contribution in [0, 0.1) is 5.82 Å². The number of esters is 1. The van der Waals surface area contributed by atoms with Crippen LogP contribution < -0.4 is 10.1 Å². The second kappa shape index (κ2) is 9.71. The van der Waals surface area contributed by atoms with Crippen LogP contribution in [0.2, 0.25) is 0 Å². The predicted octanol–water partition coefficient (Wildman–Crippen LogP) is 4.29. The van der Waals surface area contributed by atoms with Crippen LogP contribution in [0.3, 0.4) is 0 Å². The summed E-state index contributed by atoms with van der Waals surface area (Å²) in [4.78, 5) is 24.2. The lowest BCUT2D eigenvalue weighted by Crippen LogP contribution is -2.32. The van der Waals surface area contributed by atoms with Crippen molar-refractivity contribution in [3.05, 3.63) is 59.9 Å². The van der Waals surface area contributed by atoms with Crippen molar-refractivity contribution in [2.45, 2.75) is 39.2 Å². The summed E-state index contributed by atoms with van der Waals surface area (Å²) in [7, 11) is 0. The van der Waals surface area contributed by atoms with Gasteiger partial charge in [-0.15, -0.1) is 0 Å². The zero-order chi connectivity index (χ0) is 19.8. The van der Waals surface area contributed by atoms with Gasteiger partial charge in [-0.1, -0.05) is 44.2 Å². The molecule has 144 valence electrons. The van der Waals surface area contributed by atoms with E-state index in [1.165, 1.54) is 25.1 Å². The van der Waals surface area contributed by atoms with Crippen molar-refractivity contribution in [1.29, 1.82) is 0 Å². The minimum Gasteiger partial charge on any atom is -0.479 e. The summed E-state index contributed by atoms with van der Waals surface area (Å²) < 4.78 is 23.6. The van der Waals surface area contributed by atoms with Crippen LogP contribution in [0.15, 0.2) is 48.5 Å². The number of hydrogen-bond acceptors (Lipinski definition) is 4. The molecule has 0 fully saturated rings. The lowest BCUT2D eigenvalue weighted by molar-refractivity contribution is -0.155. The van der Waals surface area contributed by atoms with Crippen molar-refractivity contribution in [2.24, 2.45) is 0 Å². The summed E-state index contributed by atoms with van der Waals surface area (Å²) in [5.74, 6) is -1.53. The average Bonchev–Trinajstić information content (AvgIpc) is 2.67. The molecule has 2 aromatic rings. The Morgan fingerprint density at radius 2 is 1.74 bits per heavy atom. The smallest absolute Gasteiger partial charge is 0.344 e. The first-order valence-electron chi connectivity index (χ1n) is 8.89. The van der Waals surface area contributed by atoms with Gasteiger partial charge in [-0.2, -0.15) is 0 Å². The Morgan fingerprint density at radius 3 is 2.44 bits per heavy atom. The molecule has 0 unspecified atom stereocenters. The quantitative estimate of drug-likeness (QED) is 0.701. The second-order valence-corrected chi connectivity index (χ2v) is 6.24. The maximum absolute atomic E-state index is 13.5. The van der Waals surface area contributed by atoms with Crippen molar-refractivity contribution < 1.29 is 23.5 Å². The Labute approximate surface area is 158 Å². The molecule has 2 atom stereocenters. The summed E-state index contributed by atoms with van der Waals surface area (Å²) in [6, 6.07) is 13.3. The van der Waals surface area contributed by atoms with Gasteiger partial charge in [-0.3, -0.25) is 4.79 Å². The lowest BCUT2D eigenvalue weighted by atomic mass is 9.97. The van der Waals surface area contributed by atoms with E-state index < -0.39 is 30.4 Å². The van der Waals surface area contributed by atoms with E-state index in [1.54, 1.807) is 6.07 Å². The molecule has 0 heterocycles. The van der Waals surface area contributed by atoms with Crippen LogP contribution in [0.5, 0.6) is 5.75 Å². The molecule has 0 aliphatic rings. The monoisotopic (exact) mass is 373 g/mol. The van der Waals surface area contributed by atoms with Crippen molar-refractivity contribution in [2.75, 3.05) is 11.9 Å². The number of nitrogens with one attached hydrogen (secondary N) is 1. The highest BCUT2D eigenvalue weighted by Gasteiger charge is 2.20. The van der Waals surface area contributed by atoms with Crippen LogP contribution in [0.1, 0.15) is 38.7 Å². The SMILES string of the molecule is CC[C@H](C)c1ccccc1NC(=O)[C@H](C)OC(=O)COc1ccccc1F. The predicted molar refractivity (Wildman–Crippen MR) is 101 cm³/mol. The van der Waals surface area contributed by atoms with Gasteiger partial charge in [-0.05, 0) is 43.0 Å². The third kappa shape index (κ3) is 5.81. The summed E-state index contributed by atoms with van der Waals surface area (Å²) in [5.41, 5.74) is 1.72. The number of rotatable bonds is 8. The molecular weight excluding hydrogens is 349 g/mol. The molecule has 0 aliphatic carbocycles. The van der Waals surface area contributed by atoms with E-state index in [1.807, 2.05) is 24.3 Å². The lowest BCUT2D eigenvalue weighted by Gasteiger charge is -2.18. The van der Waals surface area contributed by atoms with Crippen LogP contribution >= 0.6 is 0 Å². The summed E-state index contributed by atoms with van der Waals surface area (Å²) in [5, 5.41) is 2.80. The fourth-order valence-corrected chi connectivity index (χ4v) is 2.48. The highest BCUT2D eigenvalue weighted by Crippen LogP contribution is 2.26. The molecule has 0 aliphatic heterocycles. The zero-order valence-corrected chi connectivity index (χ0v) is 15.7. The molecule has 0 saturated carbocycles. The van der Waals surface area contributed by atoms with Crippen molar-refractivity contribution >= 4 is 17.6 Å². The Hall–Kier alpha value is -2.89. The minimum atomic E-state index is -1.01. The van der Waals surface area contributed by atoms with Gasteiger partial charge in [0, 0.05) is 5.69 Å². The number of halogens is 1. The number of ether oxygens (including phenoxy) is 2. The van der Waals surface area contributed by atoms with Crippen LogP contribution in [0.4, 0.5) is 10.1 Å².